The minimum Gasteiger partial charge on any atom is -0.477 e. The molecule has 0 aliphatic heterocycles. The first-order valence-corrected chi connectivity index (χ1v) is 8.64. The van der Waals surface area contributed by atoms with Crippen LogP contribution in [0.3, 0.4) is 0 Å². The second kappa shape index (κ2) is 11.9. The van der Waals surface area contributed by atoms with E-state index in [-0.39, 0.29) is 5.69 Å². The van der Waals surface area contributed by atoms with Crippen molar-refractivity contribution in [3.63, 3.8) is 0 Å². The van der Waals surface area contributed by atoms with E-state index in [0.717, 1.165) is 0 Å². The fraction of sp³-hybridized carbons (Fsp3) is 0.471. The van der Waals surface area contributed by atoms with Crippen molar-refractivity contribution >= 4 is 17.3 Å². The fourth-order valence-corrected chi connectivity index (χ4v) is 2.58. The first-order chi connectivity index (χ1) is 10.7. The Kier molecular flexibility index (Phi) is 9.87. The highest BCUT2D eigenvalue weighted by Crippen LogP contribution is 2.11. The lowest BCUT2D eigenvalue weighted by atomic mass is 10.1. The fourth-order valence-electron chi connectivity index (χ4n) is 1.92. The van der Waals surface area contributed by atoms with Crippen LogP contribution in [-0.2, 0) is 6.42 Å². The normalized spacial score (nSPS) is 9.86. The lowest BCUT2D eigenvalue weighted by molar-refractivity contribution is 0.0690. The van der Waals surface area contributed by atoms with Crippen molar-refractivity contribution in [1.82, 2.24) is 9.97 Å². The topological polar surface area (TPSA) is 63.1 Å². The Balaban J connectivity index is 0.000000235. The predicted molar refractivity (Wildman–Crippen MR) is 90.4 cm³/mol. The number of nitrogens with zero attached hydrogens (tertiary/aromatic N) is 2. The first kappa shape index (κ1) is 18.3. The number of aromatic nitrogens is 2. The van der Waals surface area contributed by atoms with Gasteiger partial charge in [-0.1, -0.05) is 45.1 Å². The van der Waals surface area contributed by atoms with Gasteiger partial charge in [0.1, 0.15) is 5.69 Å². The largest absolute Gasteiger partial charge is 0.477 e. The molecule has 5 heteroatoms. The molecule has 2 rings (SSSR count). The summed E-state index contributed by atoms with van der Waals surface area (Å²) in [6.07, 6.45) is 12.8. The highest BCUT2D eigenvalue weighted by molar-refractivity contribution is 7.09. The Morgan fingerprint density at radius 1 is 1.09 bits per heavy atom. The zero-order chi connectivity index (χ0) is 16.0. The molecule has 0 fully saturated rings. The Morgan fingerprint density at radius 3 is 2.41 bits per heavy atom. The van der Waals surface area contributed by atoms with Gasteiger partial charge in [-0.3, -0.25) is 0 Å². The van der Waals surface area contributed by atoms with Crippen LogP contribution in [0.5, 0.6) is 0 Å². The van der Waals surface area contributed by atoms with E-state index >= 15 is 0 Å². The van der Waals surface area contributed by atoms with E-state index in [2.05, 4.69) is 22.3 Å². The zero-order valence-corrected chi connectivity index (χ0v) is 13.9. The summed E-state index contributed by atoms with van der Waals surface area (Å²) in [4.78, 5) is 18.0. The molecule has 2 aromatic rings. The molecule has 2 aromatic heterocycles. The van der Waals surface area contributed by atoms with Crippen LogP contribution in [0.1, 0.15) is 60.9 Å². The van der Waals surface area contributed by atoms with Crippen LogP contribution in [0.15, 0.2) is 36.0 Å². The van der Waals surface area contributed by atoms with Gasteiger partial charge in [0.15, 0.2) is 0 Å². The molecular weight excluding hydrogens is 296 g/mol. The van der Waals surface area contributed by atoms with Gasteiger partial charge in [0.05, 0.1) is 5.01 Å². The van der Waals surface area contributed by atoms with Gasteiger partial charge in [-0.15, -0.1) is 11.3 Å². The number of pyridine rings is 1. The van der Waals surface area contributed by atoms with Gasteiger partial charge in [0, 0.05) is 17.8 Å². The van der Waals surface area contributed by atoms with Crippen LogP contribution >= 0.6 is 11.3 Å². The smallest absolute Gasteiger partial charge is 0.354 e. The molecule has 0 aliphatic rings. The maximum Gasteiger partial charge on any atom is 0.354 e. The number of carbonyl (C=O) groups is 1. The number of unbranched alkanes of at least 4 members (excludes halogenated alkanes) is 5. The van der Waals surface area contributed by atoms with Crippen molar-refractivity contribution in [3.05, 3.63) is 46.7 Å². The summed E-state index contributed by atoms with van der Waals surface area (Å²) in [5, 5.41) is 11.7. The van der Waals surface area contributed by atoms with Crippen LogP contribution in [0.25, 0.3) is 0 Å². The molecule has 0 amide bonds. The van der Waals surface area contributed by atoms with Gasteiger partial charge in [0.25, 0.3) is 0 Å². The number of carboxylic acid groups (broad SMARTS) is 1. The molecule has 0 spiro atoms. The van der Waals surface area contributed by atoms with E-state index < -0.39 is 5.97 Å². The third-order valence-electron chi connectivity index (χ3n) is 3.11. The summed E-state index contributed by atoms with van der Waals surface area (Å²) in [6.45, 7) is 2.26. The molecular formula is C17H24N2O2S. The van der Waals surface area contributed by atoms with Gasteiger partial charge in [-0.05, 0) is 25.0 Å². The third-order valence-corrected chi connectivity index (χ3v) is 3.95. The molecule has 120 valence electrons. The molecule has 0 bridgehead atoms. The maximum absolute atomic E-state index is 10.1. The molecule has 0 aliphatic carbocycles. The van der Waals surface area contributed by atoms with Crippen LogP contribution in [-0.4, -0.2) is 21.0 Å². The number of rotatable bonds is 8. The SMILES string of the molecule is CCCCCCCCc1nccs1.O=C(O)c1ccccn1. The second-order valence-corrected chi connectivity index (χ2v) is 5.94. The minimum atomic E-state index is -0.990. The summed E-state index contributed by atoms with van der Waals surface area (Å²) >= 11 is 1.78. The number of aromatic carboxylic acids is 1. The van der Waals surface area contributed by atoms with E-state index in [1.807, 2.05) is 6.20 Å². The van der Waals surface area contributed by atoms with Gasteiger partial charge < -0.3 is 5.11 Å². The van der Waals surface area contributed by atoms with Crippen LogP contribution in [0.4, 0.5) is 0 Å². The average molecular weight is 320 g/mol. The lowest BCUT2D eigenvalue weighted by Gasteiger charge is -1.98. The number of hydrogen-bond donors (Lipinski definition) is 1. The summed E-state index contributed by atoms with van der Waals surface area (Å²) in [5.41, 5.74) is 0.0810. The van der Waals surface area contributed by atoms with E-state index in [4.69, 9.17) is 5.11 Å². The summed E-state index contributed by atoms with van der Waals surface area (Å²) < 4.78 is 0. The minimum absolute atomic E-state index is 0.0810. The van der Waals surface area contributed by atoms with Gasteiger partial charge in [0.2, 0.25) is 0 Å². The Bertz CT molecular complexity index is 501. The van der Waals surface area contributed by atoms with E-state index in [9.17, 15) is 4.79 Å². The van der Waals surface area contributed by atoms with Crippen molar-refractivity contribution in [2.75, 3.05) is 0 Å². The van der Waals surface area contributed by atoms with Crippen LogP contribution in [0, 0.1) is 0 Å². The first-order valence-electron chi connectivity index (χ1n) is 7.76. The average Bonchev–Trinajstić information content (AvgIpc) is 3.05. The molecule has 0 radical (unpaired) electrons. The molecule has 0 aromatic carbocycles. The van der Waals surface area contributed by atoms with Gasteiger partial charge >= 0.3 is 5.97 Å². The second-order valence-electron chi connectivity index (χ2n) is 4.96. The Hall–Kier alpha value is -1.75. The highest BCUT2D eigenvalue weighted by Gasteiger charge is 1.99. The molecule has 0 atom stereocenters. The quantitative estimate of drug-likeness (QED) is 0.708. The third kappa shape index (κ3) is 8.52. The molecule has 0 saturated carbocycles. The Morgan fingerprint density at radius 2 is 1.86 bits per heavy atom. The Labute approximate surface area is 136 Å². The van der Waals surface area contributed by atoms with Crippen molar-refractivity contribution in [1.29, 1.82) is 0 Å². The molecule has 0 unspecified atom stereocenters. The molecule has 0 saturated heterocycles. The summed E-state index contributed by atoms with van der Waals surface area (Å²) in [5.74, 6) is -0.990. The van der Waals surface area contributed by atoms with Crippen molar-refractivity contribution < 1.29 is 9.90 Å². The van der Waals surface area contributed by atoms with Gasteiger partial charge in [-0.25, -0.2) is 14.8 Å². The standard InChI is InChI=1S/C11H19NS.C6H5NO2/c1-2-3-4-5-6-7-8-11-12-9-10-13-11;8-6(9)5-3-1-2-4-7-5/h9-10H,2-8H2,1H3;1-4H,(H,8,9). The van der Waals surface area contributed by atoms with E-state index in [1.165, 1.54) is 62.2 Å². The zero-order valence-electron chi connectivity index (χ0n) is 13.1. The number of hydrogen-bond acceptors (Lipinski definition) is 4. The van der Waals surface area contributed by atoms with E-state index in [1.54, 1.807) is 23.5 Å². The summed E-state index contributed by atoms with van der Waals surface area (Å²) in [7, 11) is 0. The number of thiazole rings is 1. The molecule has 2 heterocycles. The molecule has 22 heavy (non-hydrogen) atoms. The maximum atomic E-state index is 10.1. The lowest BCUT2D eigenvalue weighted by Crippen LogP contribution is -1.97. The van der Waals surface area contributed by atoms with Crippen molar-refractivity contribution in [2.45, 2.75) is 51.9 Å². The van der Waals surface area contributed by atoms with Crippen LogP contribution < -0.4 is 0 Å². The van der Waals surface area contributed by atoms with Crippen LogP contribution in [0.2, 0.25) is 0 Å². The van der Waals surface area contributed by atoms with Crippen molar-refractivity contribution in [3.8, 4) is 0 Å². The molecule has 1 N–H and O–H groups in total. The van der Waals surface area contributed by atoms with Crippen molar-refractivity contribution in [2.24, 2.45) is 0 Å². The summed E-state index contributed by atoms with van der Waals surface area (Å²) in [6, 6.07) is 4.76. The highest BCUT2D eigenvalue weighted by atomic mass is 32.1. The monoisotopic (exact) mass is 320 g/mol. The van der Waals surface area contributed by atoms with Gasteiger partial charge in [-0.2, -0.15) is 0 Å². The number of aryl methyl sites for hydroxylation is 1. The number of carboxylic acids is 1. The predicted octanol–water partition coefficient (Wildman–Crippen LogP) is 4.83. The molecule has 4 nitrogen and oxygen atoms in total. The van der Waals surface area contributed by atoms with E-state index in [0.29, 0.717) is 0 Å².